The fourth-order valence-corrected chi connectivity index (χ4v) is 5.72. The first kappa shape index (κ1) is 37.9. The van der Waals surface area contributed by atoms with Crippen molar-refractivity contribution in [1.29, 1.82) is 0 Å². The number of hydrogen-bond acceptors (Lipinski definition) is 5. The number of phosphoric ester groups is 1. The Bertz CT molecular complexity index is 677. The Hall–Kier alpha value is -0.0531. The number of rotatable bonds is 23. The van der Waals surface area contributed by atoms with Crippen molar-refractivity contribution in [2.24, 2.45) is 5.73 Å². The van der Waals surface area contributed by atoms with E-state index in [1.165, 1.54) is 64.2 Å². The van der Waals surface area contributed by atoms with Gasteiger partial charge in [0.25, 0.3) is 0 Å². The first-order valence-corrected chi connectivity index (χ1v) is 19.4. The highest BCUT2D eigenvalue weighted by Gasteiger charge is 2.40. The Morgan fingerprint density at radius 2 is 1.42 bits per heavy atom. The van der Waals surface area contributed by atoms with Gasteiger partial charge in [-0.15, -0.1) is 0 Å². The van der Waals surface area contributed by atoms with Gasteiger partial charge < -0.3 is 19.5 Å². The highest BCUT2D eigenvalue weighted by molar-refractivity contribution is 7.47. The summed E-state index contributed by atoms with van der Waals surface area (Å²) in [5.74, 6) is 0. The van der Waals surface area contributed by atoms with Crippen LogP contribution >= 0.6 is 7.82 Å². The van der Waals surface area contributed by atoms with Crippen molar-refractivity contribution in [3.05, 3.63) is 12.2 Å². The molecular formula is C29H64N2O5PSi+. The van der Waals surface area contributed by atoms with Crippen LogP contribution in [-0.2, 0) is 18.0 Å². The fourth-order valence-electron chi connectivity index (χ4n) is 3.69. The lowest BCUT2D eigenvalue weighted by molar-refractivity contribution is -0.870. The quantitative estimate of drug-likeness (QED) is 0.0422. The molecule has 3 N–H and O–H groups in total. The van der Waals surface area contributed by atoms with Crippen molar-refractivity contribution >= 4 is 16.1 Å². The number of likely N-dealkylation sites (N-methyl/N-ethyl adjacent to an activating group) is 1. The normalized spacial score (nSPS) is 16.6. The predicted molar refractivity (Wildman–Crippen MR) is 165 cm³/mol. The van der Waals surface area contributed by atoms with Crippen molar-refractivity contribution in [3.8, 4) is 0 Å². The monoisotopic (exact) mass is 579 g/mol. The number of quaternary nitrogens is 1. The molecular weight excluding hydrogens is 515 g/mol. The van der Waals surface area contributed by atoms with Crippen LogP contribution in [0, 0.1) is 0 Å². The second kappa shape index (κ2) is 19.1. The molecule has 0 radical (unpaired) electrons. The highest BCUT2D eigenvalue weighted by Crippen LogP contribution is 2.43. The van der Waals surface area contributed by atoms with E-state index in [0.717, 1.165) is 12.8 Å². The molecule has 0 heterocycles. The van der Waals surface area contributed by atoms with Gasteiger partial charge in [-0.05, 0) is 31.0 Å². The minimum Gasteiger partial charge on any atom is -0.409 e. The first-order valence-electron chi connectivity index (χ1n) is 15.0. The summed E-state index contributed by atoms with van der Waals surface area (Å²) in [7, 11) is -0.296. The topological polar surface area (TPSA) is 91.0 Å². The van der Waals surface area contributed by atoms with Gasteiger partial charge in [0, 0.05) is 0 Å². The Balaban J connectivity index is 4.67. The minimum absolute atomic E-state index is 0.0241. The van der Waals surface area contributed by atoms with Gasteiger partial charge >= 0.3 is 7.82 Å². The molecule has 0 aromatic rings. The predicted octanol–water partition coefficient (Wildman–Crippen LogP) is 7.80. The van der Waals surface area contributed by atoms with E-state index in [2.05, 4.69) is 46.9 Å². The van der Waals surface area contributed by atoms with Gasteiger partial charge in [-0.2, -0.15) is 0 Å². The van der Waals surface area contributed by atoms with E-state index in [1.807, 2.05) is 27.2 Å². The van der Waals surface area contributed by atoms with E-state index in [9.17, 15) is 9.46 Å². The van der Waals surface area contributed by atoms with Gasteiger partial charge in [-0.25, -0.2) is 4.57 Å². The van der Waals surface area contributed by atoms with Crippen LogP contribution in [0.3, 0.4) is 0 Å². The molecule has 0 saturated heterocycles. The molecule has 228 valence electrons. The van der Waals surface area contributed by atoms with Crippen molar-refractivity contribution in [3.63, 3.8) is 0 Å². The standard InChI is InChI=1S/C29H63N2O5PSi/c1-10-11-12-13-14-15-16-17-18-19-20-21-22-23-28(36-38(8,9)29(2,3)4)27(30)26-35-37(32,33)34-25-24-31(5,6)7/h22-23,27-28H,10-21,24-26,30H2,1-9H3/p+1/t27-,28+/m0/s1. The molecule has 0 aromatic heterocycles. The molecule has 3 atom stereocenters. The molecule has 1 unspecified atom stereocenters. The summed E-state index contributed by atoms with van der Waals surface area (Å²) in [6.07, 6.45) is 19.4. The van der Waals surface area contributed by atoms with Crippen LogP contribution in [0.5, 0.6) is 0 Å². The Morgan fingerprint density at radius 3 is 1.89 bits per heavy atom. The van der Waals surface area contributed by atoms with Crippen LogP contribution in [0.15, 0.2) is 12.2 Å². The summed E-state index contributed by atoms with van der Waals surface area (Å²) in [4.78, 5) is 10.1. The zero-order valence-electron chi connectivity index (χ0n) is 26.5. The number of nitrogens with zero attached hydrogens (tertiary/aromatic N) is 1. The molecule has 0 aliphatic carbocycles. The lowest BCUT2D eigenvalue weighted by Crippen LogP contribution is -2.49. The second-order valence-electron chi connectivity index (χ2n) is 13.4. The average molecular weight is 580 g/mol. The molecule has 0 fully saturated rings. The Labute approximate surface area is 237 Å². The summed E-state index contributed by atoms with van der Waals surface area (Å²) < 4.78 is 30.0. The minimum atomic E-state index is -4.17. The molecule has 0 spiro atoms. The van der Waals surface area contributed by atoms with Crippen LogP contribution < -0.4 is 5.73 Å². The van der Waals surface area contributed by atoms with Crippen molar-refractivity contribution in [1.82, 2.24) is 0 Å². The van der Waals surface area contributed by atoms with Crippen LogP contribution in [0.4, 0.5) is 0 Å². The van der Waals surface area contributed by atoms with E-state index >= 15 is 0 Å². The molecule has 0 saturated carbocycles. The number of allylic oxidation sites excluding steroid dienone is 1. The van der Waals surface area contributed by atoms with E-state index < -0.39 is 22.2 Å². The van der Waals surface area contributed by atoms with Crippen molar-refractivity contribution in [2.75, 3.05) is 40.9 Å². The van der Waals surface area contributed by atoms with E-state index in [0.29, 0.717) is 11.0 Å². The molecule has 7 nitrogen and oxygen atoms in total. The number of hydrogen-bond donors (Lipinski definition) is 2. The fraction of sp³-hybridized carbons (Fsp3) is 0.931. The smallest absolute Gasteiger partial charge is 0.409 e. The second-order valence-corrected chi connectivity index (χ2v) is 19.6. The third kappa shape index (κ3) is 19.9. The van der Waals surface area contributed by atoms with Crippen molar-refractivity contribution < 1.29 is 27.4 Å². The van der Waals surface area contributed by atoms with Gasteiger partial charge in [0.05, 0.1) is 39.9 Å². The SMILES string of the molecule is CCCCCCCCCCCCCC=C[C@@H](O[Si](C)(C)C(C)(C)C)[C@@H](N)COP(=O)(O)OCC[N+](C)(C)C. The third-order valence-corrected chi connectivity index (χ3v) is 12.9. The zero-order valence-corrected chi connectivity index (χ0v) is 28.4. The van der Waals surface area contributed by atoms with E-state index in [1.54, 1.807) is 0 Å². The van der Waals surface area contributed by atoms with Crippen molar-refractivity contribution in [2.45, 2.75) is 135 Å². The summed E-state index contributed by atoms with van der Waals surface area (Å²) in [5.41, 5.74) is 6.45. The van der Waals surface area contributed by atoms with Crippen LogP contribution in [-0.4, -0.2) is 70.7 Å². The molecule has 0 amide bonds. The van der Waals surface area contributed by atoms with Gasteiger partial charge in [0.15, 0.2) is 8.32 Å². The average Bonchev–Trinajstić information content (AvgIpc) is 2.78. The lowest BCUT2D eigenvalue weighted by atomic mass is 10.0. The molecule has 0 aliphatic heterocycles. The molecule has 38 heavy (non-hydrogen) atoms. The van der Waals surface area contributed by atoms with Crippen LogP contribution in [0.2, 0.25) is 18.1 Å². The Morgan fingerprint density at radius 1 is 0.921 bits per heavy atom. The summed E-state index contributed by atoms with van der Waals surface area (Å²) in [6, 6.07) is -0.569. The Kier molecular flexibility index (Phi) is 19.1. The van der Waals surface area contributed by atoms with E-state index in [-0.39, 0.29) is 24.4 Å². The number of phosphoric acid groups is 1. The highest BCUT2D eigenvalue weighted by atomic mass is 31.2. The van der Waals surface area contributed by atoms with Gasteiger partial charge in [-0.3, -0.25) is 9.05 Å². The van der Waals surface area contributed by atoms with Gasteiger partial charge in [0.2, 0.25) is 0 Å². The number of nitrogens with two attached hydrogens (primary N) is 1. The van der Waals surface area contributed by atoms with Crippen LogP contribution in [0.25, 0.3) is 0 Å². The van der Waals surface area contributed by atoms with Crippen LogP contribution in [0.1, 0.15) is 105 Å². The molecule has 0 aromatic carbocycles. The maximum Gasteiger partial charge on any atom is 0.472 e. The molecule has 0 bridgehead atoms. The molecule has 0 aliphatic rings. The number of unbranched alkanes of at least 4 members (excludes halogenated alkanes) is 11. The van der Waals surface area contributed by atoms with Gasteiger partial charge in [-0.1, -0.05) is 104 Å². The summed E-state index contributed by atoms with van der Waals surface area (Å²) >= 11 is 0. The summed E-state index contributed by atoms with van der Waals surface area (Å²) in [5, 5.41) is 0.0241. The maximum absolute atomic E-state index is 12.4. The zero-order chi connectivity index (χ0) is 29.3. The van der Waals surface area contributed by atoms with Gasteiger partial charge in [0.1, 0.15) is 13.2 Å². The molecule has 9 heteroatoms. The maximum atomic E-state index is 12.4. The largest absolute Gasteiger partial charge is 0.472 e. The van der Waals surface area contributed by atoms with E-state index in [4.69, 9.17) is 19.2 Å². The lowest BCUT2D eigenvalue weighted by Gasteiger charge is -2.40. The molecule has 0 rings (SSSR count). The summed E-state index contributed by atoms with van der Waals surface area (Å²) in [6.45, 7) is 13.8. The third-order valence-electron chi connectivity index (χ3n) is 7.41. The first-order chi connectivity index (χ1) is 17.5.